The van der Waals surface area contributed by atoms with E-state index in [0.717, 1.165) is 24.0 Å². The van der Waals surface area contributed by atoms with Crippen LogP contribution in [0.15, 0.2) is 30.3 Å². The van der Waals surface area contributed by atoms with Gasteiger partial charge in [0.1, 0.15) is 6.54 Å². The molecule has 0 aliphatic heterocycles. The van der Waals surface area contributed by atoms with E-state index in [1.807, 2.05) is 31.2 Å². The quantitative estimate of drug-likeness (QED) is 0.597. The van der Waals surface area contributed by atoms with Gasteiger partial charge in [0.25, 0.3) is 0 Å². The average molecular weight is 287 g/mol. The Bertz CT molecular complexity index is 547. The summed E-state index contributed by atoms with van der Waals surface area (Å²) in [7, 11) is 0. The van der Waals surface area contributed by atoms with Crippen LogP contribution in [0.5, 0.6) is 0 Å². The van der Waals surface area contributed by atoms with Gasteiger partial charge in [-0.3, -0.25) is 9.59 Å². The van der Waals surface area contributed by atoms with E-state index in [1.165, 1.54) is 0 Å². The van der Waals surface area contributed by atoms with Crippen molar-refractivity contribution in [3.63, 3.8) is 0 Å². The third kappa shape index (κ3) is 4.45. The first-order valence-corrected chi connectivity index (χ1v) is 7.31. The van der Waals surface area contributed by atoms with E-state index in [0.29, 0.717) is 6.61 Å². The first-order valence-electron chi connectivity index (χ1n) is 7.31. The minimum atomic E-state index is -0.345. The van der Waals surface area contributed by atoms with Crippen molar-refractivity contribution < 1.29 is 14.3 Å². The van der Waals surface area contributed by atoms with Gasteiger partial charge in [0.2, 0.25) is 5.91 Å². The zero-order valence-corrected chi connectivity index (χ0v) is 12.5. The molecule has 1 saturated carbocycles. The Balaban J connectivity index is 2.02. The van der Waals surface area contributed by atoms with Crippen LogP contribution in [0.25, 0.3) is 6.08 Å². The number of rotatable bonds is 6. The molecule has 2 rings (SSSR count). The van der Waals surface area contributed by atoms with Crippen LogP contribution in [-0.4, -0.2) is 36.0 Å². The molecule has 0 radical (unpaired) electrons. The SMILES string of the molecule is CCOC(=O)CN(C(=O)C=Cc1ccccc1C)C1CC1. The molecule has 0 spiro atoms. The molecule has 0 heterocycles. The lowest BCUT2D eigenvalue weighted by atomic mass is 10.1. The van der Waals surface area contributed by atoms with Gasteiger partial charge in [-0.1, -0.05) is 24.3 Å². The summed E-state index contributed by atoms with van der Waals surface area (Å²) in [5, 5.41) is 0. The van der Waals surface area contributed by atoms with Gasteiger partial charge in [-0.25, -0.2) is 0 Å². The second kappa shape index (κ2) is 7.07. The van der Waals surface area contributed by atoms with Crippen molar-refractivity contribution >= 4 is 18.0 Å². The number of amides is 1. The summed E-state index contributed by atoms with van der Waals surface area (Å²) in [6.07, 6.45) is 5.27. The molecule has 1 fully saturated rings. The van der Waals surface area contributed by atoms with Crippen LogP contribution in [0, 0.1) is 6.92 Å². The van der Waals surface area contributed by atoms with Crippen molar-refractivity contribution in [2.24, 2.45) is 0 Å². The largest absolute Gasteiger partial charge is 0.465 e. The first kappa shape index (κ1) is 15.3. The number of ether oxygens (including phenoxy) is 1. The van der Waals surface area contributed by atoms with E-state index >= 15 is 0 Å². The van der Waals surface area contributed by atoms with Gasteiger partial charge >= 0.3 is 5.97 Å². The maximum atomic E-state index is 12.3. The molecule has 0 aromatic heterocycles. The van der Waals surface area contributed by atoms with Crippen molar-refractivity contribution in [1.82, 2.24) is 4.90 Å². The number of benzene rings is 1. The summed E-state index contributed by atoms with van der Waals surface area (Å²) in [5.41, 5.74) is 2.13. The van der Waals surface area contributed by atoms with E-state index in [2.05, 4.69) is 0 Å². The molecule has 1 aromatic rings. The summed E-state index contributed by atoms with van der Waals surface area (Å²) in [6.45, 7) is 4.14. The number of aryl methyl sites for hydroxylation is 1. The number of carbonyl (C=O) groups is 2. The van der Waals surface area contributed by atoms with E-state index in [4.69, 9.17) is 4.74 Å². The Morgan fingerprint density at radius 3 is 2.67 bits per heavy atom. The summed E-state index contributed by atoms with van der Waals surface area (Å²) < 4.78 is 4.93. The molecule has 1 aliphatic carbocycles. The van der Waals surface area contributed by atoms with Crippen molar-refractivity contribution in [2.75, 3.05) is 13.2 Å². The lowest BCUT2D eigenvalue weighted by Crippen LogP contribution is -2.37. The fraction of sp³-hybridized carbons (Fsp3) is 0.412. The fourth-order valence-electron chi connectivity index (χ4n) is 2.15. The number of hydrogen-bond donors (Lipinski definition) is 0. The lowest BCUT2D eigenvalue weighted by Gasteiger charge is -2.19. The molecule has 1 aromatic carbocycles. The van der Waals surface area contributed by atoms with Gasteiger partial charge in [-0.05, 0) is 43.9 Å². The van der Waals surface area contributed by atoms with Crippen molar-refractivity contribution in [1.29, 1.82) is 0 Å². The normalized spacial score (nSPS) is 14.2. The lowest BCUT2D eigenvalue weighted by molar-refractivity contribution is -0.148. The van der Waals surface area contributed by atoms with Gasteiger partial charge in [0.15, 0.2) is 0 Å². The third-order valence-electron chi connectivity index (χ3n) is 3.47. The molecule has 0 N–H and O–H groups in total. The molecule has 0 saturated heterocycles. The molecule has 1 aliphatic rings. The molecule has 4 heteroatoms. The third-order valence-corrected chi connectivity index (χ3v) is 3.47. The monoisotopic (exact) mass is 287 g/mol. The Morgan fingerprint density at radius 1 is 1.33 bits per heavy atom. The molecule has 0 unspecified atom stereocenters. The van der Waals surface area contributed by atoms with Crippen LogP contribution in [0.3, 0.4) is 0 Å². The molecule has 0 atom stereocenters. The Labute approximate surface area is 125 Å². The highest BCUT2D eigenvalue weighted by Gasteiger charge is 2.33. The van der Waals surface area contributed by atoms with Crippen LogP contribution in [0.1, 0.15) is 30.9 Å². The number of nitrogens with zero attached hydrogens (tertiary/aromatic N) is 1. The summed E-state index contributed by atoms with van der Waals surface area (Å²) in [5.74, 6) is -0.476. The van der Waals surface area contributed by atoms with E-state index in [-0.39, 0.29) is 24.5 Å². The maximum absolute atomic E-state index is 12.3. The highest BCUT2D eigenvalue weighted by molar-refractivity contribution is 5.94. The maximum Gasteiger partial charge on any atom is 0.325 e. The smallest absolute Gasteiger partial charge is 0.325 e. The van der Waals surface area contributed by atoms with Gasteiger partial charge < -0.3 is 9.64 Å². The van der Waals surface area contributed by atoms with Crippen LogP contribution >= 0.6 is 0 Å². The molecule has 112 valence electrons. The Morgan fingerprint density at radius 2 is 2.05 bits per heavy atom. The number of hydrogen-bond acceptors (Lipinski definition) is 3. The predicted octanol–water partition coefficient (Wildman–Crippen LogP) is 2.56. The van der Waals surface area contributed by atoms with Crippen LogP contribution in [0.4, 0.5) is 0 Å². The van der Waals surface area contributed by atoms with Crippen LogP contribution in [-0.2, 0) is 14.3 Å². The minimum Gasteiger partial charge on any atom is -0.465 e. The fourth-order valence-corrected chi connectivity index (χ4v) is 2.15. The van der Waals surface area contributed by atoms with Crippen molar-refractivity contribution in [2.45, 2.75) is 32.7 Å². The predicted molar refractivity (Wildman–Crippen MR) is 81.6 cm³/mol. The highest BCUT2D eigenvalue weighted by Crippen LogP contribution is 2.27. The van der Waals surface area contributed by atoms with Crippen molar-refractivity contribution in [3.8, 4) is 0 Å². The highest BCUT2D eigenvalue weighted by atomic mass is 16.5. The zero-order valence-electron chi connectivity index (χ0n) is 12.5. The zero-order chi connectivity index (χ0) is 15.2. The van der Waals surface area contributed by atoms with E-state index in [1.54, 1.807) is 24.0 Å². The molecule has 1 amide bonds. The summed E-state index contributed by atoms with van der Waals surface area (Å²) in [6, 6.07) is 8.05. The second-order valence-electron chi connectivity index (χ2n) is 5.19. The van der Waals surface area contributed by atoms with Gasteiger partial charge in [0.05, 0.1) is 6.61 Å². The van der Waals surface area contributed by atoms with E-state index < -0.39 is 0 Å². The molecule has 21 heavy (non-hydrogen) atoms. The van der Waals surface area contributed by atoms with Crippen LogP contribution < -0.4 is 0 Å². The number of esters is 1. The molecular weight excluding hydrogens is 266 g/mol. The van der Waals surface area contributed by atoms with E-state index in [9.17, 15) is 9.59 Å². The van der Waals surface area contributed by atoms with Gasteiger partial charge in [-0.2, -0.15) is 0 Å². The Hall–Kier alpha value is -2.10. The standard InChI is InChI=1S/C17H21NO3/c1-3-21-17(20)12-18(15-9-10-15)16(19)11-8-14-7-5-4-6-13(14)2/h4-8,11,15H,3,9-10,12H2,1-2H3. The topological polar surface area (TPSA) is 46.6 Å². The molecule has 4 nitrogen and oxygen atoms in total. The van der Waals surface area contributed by atoms with Gasteiger partial charge in [-0.15, -0.1) is 0 Å². The van der Waals surface area contributed by atoms with Crippen molar-refractivity contribution in [3.05, 3.63) is 41.5 Å². The summed E-state index contributed by atoms with van der Waals surface area (Å²) >= 11 is 0. The number of carbonyl (C=O) groups excluding carboxylic acids is 2. The minimum absolute atomic E-state index is 0.0372. The Kier molecular flexibility index (Phi) is 5.14. The first-order chi connectivity index (χ1) is 10.1. The second-order valence-corrected chi connectivity index (χ2v) is 5.19. The van der Waals surface area contributed by atoms with Gasteiger partial charge in [0, 0.05) is 12.1 Å². The summed E-state index contributed by atoms with van der Waals surface area (Å²) in [4.78, 5) is 25.5. The van der Waals surface area contributed by atoms with Crippen LogP contribution in [0.2, 0.25) is 0 Å². The molecular formula is C17H21NO3. The average Bonchev–Trinajstić information content (AvgIpc) is 3.28. The molecule has 0 bridgehead atoms.